The quantitative estimate of drug-likeness (QED) is 0.637. The second-order valence-corrected chi connectivity index (χ2v) is 3.91. The Bertz CT molecular complexity index is 463. The summed E-state index contributed by atoms with van der Waals surface area (Å²) in [6, 6.07) is 0.584. The van der Waals surface area contributed by atoms with Crippen LogP contribution < -0.4 is 5.32 Å². The van der Waals surface area contributed by atoms with Gasteiger partial charge < -0.3 is 10.4 Å². The van der Waals surface area contributed by atoms with Crippen LogP contribution in [0.15, 0.2) is 12.3 Å². The molecule has 6 nitrogen and oxygen atoms in total. The van der Waals surface area contributed by atoms with Gasteiger partial charge in [0.05, 0.1) is 11.0 Å². The molecule has 0 saturated carbocycles. The number of aromatic nitrogens is 1. The maximum absolute atomic E-state index is 12.5. The highest BCUT2D eigenvalue weighted by Crippen LogP contribution is 2.32. The summed E-state index contributed by atoms with van der Waals surface area (Å²) in [5.74, 6) is 0. The highest BCUT2D eigenvalue weighted by atomic mass is 19.4. The second kappa shape index (κ2) is 5.83. The second-order valence-electron chi connectivity index (χ2n) is 3.91. The molecule has 106 valence electrons. The average Bonchev–Trinajstić information content (AvgIpc) is 2.26. The standard InChI is InChI=1S/C10H12F3N3O3/c1-6(17)2-3-14-7-4-9(10(11,12)13)15-5-8(7)16(18)19/h4-6,17H,2-3H2,1H3,(H,14,15). The van der Waals surface area contributed by atoms with Crippen LogP contribution in [0.1, 0.15) is 19.0 Å². The summed E-state index contributed by atoms with van der Waals surface area (Å²) in [6.45, 7) is 1.61. The van der Waals surface area contributed by atoms with Gasteiger partial charge in [-0.05, 0) is 19.4 Å². The Kier molecular flexibility index (Phi) is 4.65. The molecule has 1 atom stereocenters. The van der Waals surface area contributed by atoms with Crippen molar-refractivity contribution in [1.29, 1.82) is 0 Å². The molecule has 1 aromatic heterocycles. The van der Waals surface area contributed by atoms with Gasteiger partial charge in [0.1, 0.15) is 17.6 Å². The molecule has 1 aromatic rings. The number of pyridine rings is 1. The molecule has 0 aliphatic rings. The first kappa shape index (κ1) is 15.2. The first-order valence-electron chi connectivity index (χ1n) is 5.35. The molecule has 19 heavy (non-hydrogen) atoms. The third kappa shape index (κ3) is 4.36. The van der Waals surface area contributed by atoms with Crippen LogP contribution in [0.5, 0.6) is 0 Å². The number of nitro groups is 1. The van der Waals surface area contributed by atoms with Gasteiger partial charge in [-0.15, -0.1) is 0 Å². The van der Waals surface area contributed by atoms with Gasteiger partial charge in [-0.25, -0.2) is 4.98 Å². The molecule has 2 N–H and O–H groups in total. The highest BCUT2D eigenvalue weighted by molar-refractivity contribution is 5.61. The number of nitrogens with zero attached hydrogens (tertiary/aromatic N) is 2. The van der Waals surface area contributed by atoms with Crippen molar-refractivity contribution in [2.75, 3.05) is 11.9 Å². The summed E-state index contributed by atoms with van der Waals surface area (Å²) in [6.07, 6.45) is -4.51. The van der Waals surface area contributed by atoms with Crippen LogP contribution >= 0.6 is 0 Å². The van der Waals surface area contributed by atoms with Gasteiger partial charge in [0, 0.05) is 6.54 Å². The Hall–Kier alpha value is -1.90. The summed E-state index contributed by atoms with van der Waals surface area (Å²) in [4.78, 5) is 12.9. The number of hydrogen-bond donors (Lipinski definition) is 2. The van der Waals surface area contributed by atoms with Crippen LogP contribution in [0, 0.1) is 10.1 Å². The fraction of sp³-hybridized carbons (Fsp3) is 0.500. The highest BCUT2D eigenvalue weighted by Gasteiger charge is 2.34. The number of nitrogens with one attached hydrogen (secondary N) is 1. The summed E-state index contributed by atoms with van der Waals surface area (Å²) in [5, 5.41) is 22.2. The van der Waals surface area contributed by atoms with Crippen molar-refractivity contribution < 1.29 is 23.2 Å². The van der Waals surface area contributed by atoms with Gasteiger partial charge in [0.15, 0.2) is 0 Å². The van der Waals surface area contributed by atoms with Gasteiger partial charge >= 0.3 is 11.9 Å². The van der Waals surface area contributed by atoms with Gasteiger partial charge in [-0.2, -0.15) is 13.2 Å². The zero-order valence-corrected chi connectivity index (χ0v) is 9.94. The molecule has 0 fully saturated rings. The van der Waals surface area contributed by atoms with E-state index in [0.717, 1.165) is 0 Å². The van der Waals surface area contributed by atoms with E-state index in [4.69, 9.17) is 5.11 Å². The van der Waals surface area contributed by atoms with Crippen molar-refractivity contribution >= 4 is 11.4 Å². The number of alkyl halides is 3. The van der Waals surface area contributed by atoms with Gasteiger partial charge in [-0.1, -0.05) is 0 Å². The molecule has 9 heteroatoms. The summed E-state index contributed by atoms with van der Waals surface area (Å²) >= 11 is 0. The lowest BCUT2D eigenvalue weighted by Gasteiger charge is -2.11. The molecule has 0 aliphatic heterocycles. The van der Waals surface area contributed by atoms with E-state index in [1.807, 2.05) is 0 Å². The smallest absolute Gasteiger partial charge is 0.393 e. The molecular weight excluding hydrogens is 267 g/mol. The number of hydrogen-bond acceptors (Lipinski definition) is 5. The lowest BCUT2D eigenvalue weighted by atomic mass is 10.2. The zero-order valence-electron chi connectivity index (χ0n) is 9.94. The molecule has 0 radical (unpaired) electrons. The fourth-order valence-corrected chi connectivity index (χ4v) is 1.31. The van der Waals surface area contributed by atoms with E-state index in [2.05, 4.69) is 10.3 Å². The Morgan fingerprint density at radius 2 is 2.21 bits per heavy atom. The van der Waals surface area contributed by atoms with Crippen LogP contribution in [0.3, 0.4) is 0 Å². The van der Waals surface area contributed by atoms with E-state index in [0.29, 0.717) is 12.3 Å². The topological polar surface area (TPSA) is 88.3 Å². The number of aliphatic hydroxyl groups excluding tert-OH is 1. The Morgan fingerprint density at radius 3 is 2.68 bits per heavy atom. The SMILES string of the molecule is CC(O)CCNc1cc(C(F)(F)F)ncc1[N+](=O)[O-]. The third-order valence-corrected chi connectivity index (χ3v) is 2.25. The molecule has 0 spiro atoms. The number of aliphatic hydroxyl groups is 1. The van der Waals surface area contributed by atoms with Crippen LogP contribution in [0.4, 0.5) is 24.5 Å². The van der Waals surface area contributed by atoms with Crippen molar-refractivity contribution in [3.8, 4) is 0 Å². The van der Waals surface area contributed by atoms with Crippen LogP contribution in [0.25, 0.3) is 0 Å². The molecule has 0 aromatic carbocycles. The Balaban J connectivity index is 2.99. The van der Waals surface area contributed by atoms with Gasteiger partial charge in [0.2, 0.25) is 0 Å². The molecule has 1 unspecified atom stereocenters. The molecular formula is C10H12F3N3O3. The monoisotopic (exact) mass is 279 g/mol. The van der Waals surface area contributed by atoms with Gasteiger partial charge in [0.25, 0.3) is 0 Å². The maximum Gasteiger partial charge on any atom is 0.433 e. The van der Waals surface area contributed by atoms with Crippen molar-refractivity contribution in [3.63, 3.8) is 0 Å². The predicted octanol–water partition coefficient (Wildman–Crippen LogP) is 2.19. The normalized spacial score (nSPS) is 13.1. The van der Waals surface area contributed by atoms with Crippen molar-refractivity contribution in [2.45, 2.75) is 25.6 Å². The minimum Gasteiger partial charge on any atom is -0.393 e. The molecule has 1 rings (SSSR count). The number of rotatable bonds is 5. The first-order chi connectivity index (χ1) is 8.71. The van der Waals surface area contributed by atoms with Gasteiger partial charge in [-0.3, -0.25) is 10.1 Å². The maximum atomic E-state index is 12.5. The number of halogens is 3. The van der Waals surface area contributed by atoms with Crippen LogP contribution in [0.2, 0.25) is 0 Å². The van der Waals surface area contributed by atoms with Crippen molar-refractivity contribution in [1.82, 2.24) is 4.98 Å². The van der Waals surface area contributed by atoms with Crippen molar-refractivity contribution in [3.05, 3.63) is 28.1 Å². The lowest BCUT2D eigenvalue weighted by molar-refractivity contribution is -0.384. The fourth-order valence-electron chi connectivity index (χ4n) is 1.31. The molecule has 0 aliphatic carbocycles. The minimum atomic E-state index is -4.67. The largest absolute Gasteiger partial charge is 0.433 e. The number of anilines is 1. The third-order valence-electron chi connectivity index (χ3n) is 2.25. The van der Waals surface area contributed by atoms with Crippen LogP contribution in [-0.4, -0.2) is 27.7 Å². The lowest BCUT2D eigenvalue weighted by Crippen LogP contribution is -2.13. The molecule has 0 bridgehead atoms. The summed E-state index contributed by atoms with van der Waals surface area (Å²) in [5.41, 5.74) is -2.02. The first-order valence-corrected chi connectivity index (χ1v) is 5.35. The predicted molar refractivity (Wildman–Crippen MR) is 60.7 cm³/mol. The van der Waals surface area contributed by atoms with E-state index in [-0.39, 0.29) is 18.7 Å². The molecule has 1 heterocycles. The summed E-state index contributed by atoms with van der Waals surface area (Å²) in [7, 11) is 0. The summed E-state index contributed by atoms with van der Waals surface area (Å²) < 4.78 is 37.4. The molecule has 0 amide bonds. The molecule has 0 saturated heterocycles. The van der Waals surface area contributed by atoms with E-state index in [1.54, 1.807) is 0 Å². The van der Waals surface area contributed by atoms with Crippen LogP contribution in [-0.2, 0) is 6.18 Å². The zero-order chi connectivity index (χ0) is 14.6. The Morgan fingerprint density at radius 1 is 1.58 bits per heavy atom. The van der Waals surface area contributed by atoms with Crippen molar-refractivity contribution in [2.24, 2.45) is 0 Å². The van der Waals surface area contributed by atoms with E-state index in [1.165, 1.54) is 6.92 Å². The van der Waals surface area contributed by atoms with E-state index >= 15 is 0 Å². The Labute approximate surface area is 106 Å². The van der Waals surface area contributed by atoms with E-state index < -0.39 is 28.6 Å². The van der Waals surface area contributed by atoms with E-state index in [9.17, 15) is 23.3 Å². The minimum absolute atomic E-state index is 0.111. The average molecular weight is 279 g/mol.